The van der Waals surface area contributed by atoms with E-state index in [1.165, 1.54) is 5.56 Å². The average molecular weight is 332 g/mol. The number of hydrogen-bond acceptors (Lipinski definition) is 4. The van der Waals surface area contributed by atoms with Gasteiger partial charge in [0.2, 0.25) is 0 Å². The second-order valence-electron chi connectivity index (χ2n) is 4.50. The van der Waals surface area contributed by atoms with Crippen LogP contribution in [0.4, 0.5) is 0 Å². The predicted octanol–water partition coefficient (Wildman–Crippen LogP) is 2.33. The molecule has 2 unspecified atom stereocenters. The number of rotatable bonds is 8. The summed E-state index contributed by atoms with van der Waals surface area (Å²) >= 11 is 3.49. The molecule has 0 aliphatic carbocycles. The molecular formula is C14H22BrNO3. The van der Waals surface area contributed by atoms with E-state index in [2.05, 4.69) is 21.2 Å². The third-order valence-electron chi connectivity index (χ3n) is 2.80. The van der Waals surface area contributed by atoms with Gasteiger partial charge in [0, 0.05) is 20.2 Å². The summed E-state index contributed by atoms with van der Waals surface area (Å²) in [6, 6.07) is 5.94. The minimum absolute atomic E-state index is 0.234. The van der Waals surface area contributed by atoms with Crippen LogP contribution in [-0.4, -0.2) is 37.6 Å². The van der Waals surface area contributed by atoms with Gasteiger partial charge in [0.15, 0.2) is 0 Å². The summed E-state index contributed by atoms with van der Waals surface area (Å²) in [4.78, 5) is 0. The number of halogens is 1. The van der Waals surface area contributed by atoms with Crippen LogP contribution in [0.1, 0.15) is 19.4 Å². The largest absolute Gasteiger partial charge is 0.487 e. The fourth-order valence-corrected chi connectivity index (χ4v) is 1.98. The molecule has 0 aliphatic heterocycles. The van der Waals surface area contributed by atoms with Crippen molar-refractivity contribution in [3.05, 3.63) is 28.2 Å². The van der Waals surface area contributed by atoms with Crippen LogP contribution >= 0.6 is 15.9 Å². The van der Waals surface area contributed by atoms with Crippen molar-refractivity contribution in [1.29, 1.82) is 0 Å². The maximum Gasteiger partial charge on any atom is 0.134 e. The van der Waals surface area contributed by atoms with Crippen molar-refractivity contribution in [2.75, 3.05) is 20.3 Å². The molecule has 4 nitrogen and oxygen atoms in total. The molecule has 0 saturated heterocycles. The summed E-state index contributed by atoms with van der Waals surface area (Å²) in [6.07, 6.45) is -0.732. The van der Waals surface area contributed by atoms with Crippen LogP contribution in [0.2, 0.25) is 0 Å². The summed E-state index contributed by atoms with van der Waals surface area (Å²) in [5.41, 5.74) is 1.17. The molecule has 0 saturated carbocycles. The molecule has 0 fully saturated rings. The van der Waals surface area contributed by atoms with Gasteiger partial charge in [0.25, 0.3) is 0 Å². The Labute approximate surface area is 123 Å². The Balaban J connectivity index is 2.54. The Kier molecular flexibility index (Phi) is 7.38. The number of aliphatic hydroxyl groups is 1. The summed E-state index contributed by atoms with van der Waals surface area (Å²) in [5.74, 6) is 0.744. The highest BCUT2D eigenvalue weighted by Crippen LogP contribution is 2.27. The lowest BCUT2D eigenvalue weighted by molar-refractivity contribution is 0.0599. The maximum atomic E-state index is 9.43. The quantitative estimate of drug-likeness (QED) is 0.718. The fraction of sp³-hybridized carbons (Fsp3) is 0.571. The van der Waals surface area contributed by atoms with E-state index in [0.29, 0.717) is 6.61 Å². The molecule has 2 N–H and O–H groups in total. The number of ether oxygens (including phenoxy) is 2. The Bertz CT molecular complexity index is 385. The zero-order valence-corrected chi connectivity index (χ0v) is 13.2. The van der Waals surface area contributed by atoms with Crippen molar-refractivity contribution < 1.29 is 14.6 Å². The molecular weight excluding hydrogens is 310 g/mol. The SMILES string of the molecule is COCCNCc1ccc(OC(C)C(C)O)c(Br)c1. The third kappa shape index (κ3) is 5.91. The molecule has 5 heteroatoms. The zero-order chi connectivity index (χ0) is 14.3. The number of hydrogen-bond donors (Lipinski definition) is 2. The normalized spacial score (nSPS) is 14.2. The topological polar surface area (TPSA) is 50.7 Å². The van der Waals surface area contributed by atoms with Crippen LogP contribution < -0.4 is 10.1 Å². The Morgan fingerprint density at radius 2 is 2.11 bits per heavy atom. The Hall–Kier alpha value is -0.620. The smallest absolute Gasteiger partial charge is 0.134 e. The van der Waals surface area contributed by atoms with E-state index in [0.717, 1.165) is 23.3 Å². The van der Waals surface area contributed by atoms with Crippen LogP contribution in [0, 0.1) is 0 Å². The lowest BCUT2D eigenvalue weighted by Gasteiger charge is -2.18. The number of aliphatic hydroxyl groups excluding tert-OH is 1. The molecule has 0 aromatic heterocycles. The Morgan fingerprint density at radius 3 is 2.68 bits per heavy atom. The average Bonchev–Trinajstić information content (AvgIpc) is 2.37. The molecule has 19 heavy (non-hydrogen) atoms. The summed E-state index contributed by atoms with van der Waals surface area (Å²) in [7, 11) is 1.69. The van der Waals surface area contributed by atoms with Crippen LogP contribution in [0.3, 0.4) is 0 Å². The monoisotopic (exact) mass is 331 g/mol. The van der Waals surface area contributed by atoms with E-state index in [9.17, 15) is 5.11 Å². The van der Waals surface area contributed by atoms with Gasteiger partial charge in [-0.3, -0.25) is 0 Å². The van der Waals surface area contributed by atoms with Crippen molar-refractivity contribution in [1.82, 2.24) is 5.32 Å². The maximum absolute atomic E-state index is 9.43. The fourth-order valence-electron chi connectivity index (χ4n) is 1.46. The number of benzene rings is 1. The van der Waals surface area contributed by atoms with Gasteiger partial charge in [-0.15, -0.1) is 0 Å². The lowest BCUT2D eigenvalue weighted by atomic mass is 10.2. The van der Waals surface area contributed by atoms with Gasteiger partial charge in [-0.2, -0.15) is 0 Å². The second kappa shape index (κ2) is 8.53. The minimum atomic E-state index is -0.498. The summed E-state index contributed by atoms with van der Waals surface area (Å²) < 4.78 is 11.5. The van der Waals surface area contributed by atoms with E-state index in [1.54, 1.807) is 14.0 Å². The highest BCUT2D eigenvalue weighted by molar-refractivity contribution is 9.10. The van der Waals surface area contributed by atoms with Crippen molar-refractivity contribution in [3.63, 3.8) is 0 Å². The predicted molar refractivity (Wildman–Crippen MR) is 79.5 cm³/mol. The lowest BCUT2D eigenvalue weighted by Crippen LogP contribution is -2.25. The molecule has 2 atom stereocenters. The zero-order valence-electron chi connectivity index (χ0n) is 11.6. The van der Waals surface area contributed by atoms with Crippen molar-refractivity contribution in [2.24, 2.45) is 0 Å². The number of methoxy groups -OCH3 is 1. The van der Waals surface area contributed by atoms with Gasteiger partial charge in [0.05, 0.1) is 17.2 Å². The molecule has 0 aliphatic rings. The van der Waals surface area contributed by atoms with Gasteiger partial charge < -0.3 is 19.9 Å². The van der Waals surface area contributed by atoms with E-state index in [-0.39, 0.29) is 6.10 Å². The van der Waals surface area contributed by atoms with Crippen LogP contribution in [0.5, 0.6) is 5.75 Å². The van der Waals surface area contributed by atoms with Crippen molar-refractivity contribution in [2.45, 2.75) is 32.6 Å². The highest BCUT2D eigenvalue weighted by Gasteiger charge is 2.12. The molecule has 0 amide bonds. The van der Waals surface area contributed by atoms with Crippen LogP contribution in [-0.2, 0) is 11.3 Å². The van der Waals surface area contributed by atoms with E-state index in [4.69, 9.17) is 9.47 Å². The standard InChI is InChI=1S/C14H22BrNO3/c1-10(17)11(2)19-14-5-4-12(8-13(14)15)9-16-6-7-18-3/h4-5,8,10-11,16-17H,6-7,9H2,1-3H3. The second-order valence-corrected chi connectivity index (χ2v) is 5.35. The Morgan fingerprint density at radius 1 is 1.37 bits per heavy atom. The first-order valence-corrected chi connectivity index (χ1v) is 7.16. The number of nitrogens with one attached hydrogen (secondary N) is 1. The van der Waals surface area contributed by atoms with Crippen molar-refractivity contribution >= 4 is 15.9 Å². The van der Waals surface area contributed by atoms with Crippen LogP contribution in [0.25, 0.3) is 0 Å². The molecule has 0 radical (unpaired) electrons. The van der Waals surface area contributed by atoms with E-state index in [1.807, 2.05) is 25.1 Å². The van der Waals surface area contributed by atoms with E-state index < -0.39 is 6.10 Å². The van der Waals surface area contributed by atoms with Gasteiger partial charge in [-0.05, 0) is 47.5 Å². The van der Waals surface area contributed by atoms with Gasteiger partial charge >= 0.3 is 0 Å². The van der Waals surface area contributed by atoms with Crippen LogP contribution in [0.15, 0.2) is 22.7 Å². The molecule has 1 rings (SSSR count). The van der Waals surface area contributed by atoms with Crippen molar-refractivity contribution in [3.8, 4) is 5.75 Å². The molecule has 1 aromatic rings. The molecule has 0 bridgehead atoms. The van der Waals surface area contributed by atoms with Gasteiger partial charge in [-0.1, -0.05) is 6.07 Å². The summed E-state index contributed by atoms with van der Waals surface area (Å²) in [6.45, 7) is 5.87. The summed E-state index contributed by atoms with van der Waals surface area (Å²) in [5, 5.41) is 12.7. The molecule has 0 heterocycles. The first-order chi connectivity index (χ1) is 9.04. The molecule has 1 aromatic carbocycles. The van der Waals surface area contributed by atoms with E-state index >= 15 is 0 Å². The molecule has 0 spiro atoms. The minimum Gasteiger partial charge on any atom is -0.487 e. The highest BCUT2D eigenvalue weighted by atomic mass is 79.9. The van der Waals surface area contributed by atoms with Gasteiger partial charge in [-0.25, -0.2) is 0 Å². The first-order valence-electron chi connectivity index (χ1n) is 6.37. The molecule has 108 valence electrons. The first kappa shape index (κ1) is 16.4. The third-order valence-corrected chi connectivity index (χ3v) is 3.42. The van der Waals surface area contributed by atoms with Gasteiger partial charge in [0.1, 0.15) is 11.9 Å².